The number of rotatable bonds is 6. The van der Waals surface area contributed by atoms with Crippen LogP contribution in [-0.4, -0.2) is 22.7 Å². The minimum atomic E-state index is -0.600. The summed E-state index contributed by atoms with van der Waals surface area (Å²) in [6, 6.07) is 22.8. The summed E-state index contributed by atoms with van der Waals surface area (Å²) < 4.78 is 0.976. The summed E-state index contributed by atoms with van der Waals surface area (Å²) in [5, 5.41) is 7.86. The quantitative estimate of drug-likeness (QED) is 0.263. The summed E-state index contributed by atoms with van der Waals surface area (Å²) in [5.41, 5.74) is 3.03. The number of imide groups is 1. The van der Waals surface area contributed by atoms with Gasteiger partial charge in [0.1, 0.15) is 10.7 Å². The predicted molar refractivity (Wildman–Crippen MR) is 145 cm³/mol. The van der Waals surface area contributed by atoms with Crippen LogP contribution in [0.15, 0.2) is 99.4 Å². The van der Waals surface area contributed by atoms with Gasteiger partial charge in [-0.25, -0.2) is 9.88 Å². The minimum Gasteiger partial charge on any atom is -0.350 e. The highest BCUT2D eigenvalue weighted by Crippen LogP contribution is 2.30. The van der Waals surface area contributed by atoms with Gasteiger partial charge in [-0.1, -0.05) is 57.9 Å². The average Bonchev–Trinajstić information content (AvgIpc) is 3.44. The van der Waals surface area contributed by atoms with Crippen LogP contribution in [0.2, 0.25) is 0 Å². The van der Waals surface area contributed by atoms with Gasteiger partial charge in [-0.05, 0) is 48.5 Å². The lowest BCUT2D eigenvalue weighted by atomic mass is 10.2. The van der Waals surface area contributed by atoms with E-state index in [0.717, 1.165) is 20.6 Å². The Morgan fingerprint density at radius 2 is 1.61 bits per heavy atom. The first-order valence-corrected chi connectivity index (χ1v) is 12.7. The molecule has 1 aliphatic heterocycles. The molecule has 0 saturated carbocycles. The Kier molecular flexibility index (Phi) is 6.69. The topological polar surface area (TPSA) is 91.4 Å². The Balaban J connectivity index is 1.26. The fourth-order valence-corrected chi connectivity index (χ4v) is 4.72. The van der Waals surface area contributed by atoms with Crippen LogP contribution in [0.4, 0.5) is 16.5 Å². The summed E-state index contributed by atoms with van der Waals surface area (Å²) in [6.07, 6.45) is 0. The number of halogens is 2. The number of benzene rings is 3. The van der Waals surface area contributed by atoms with Crippen LogP contribution in [-0.2, 0) is 9.59 Å². The Bertz CT molecular complexity index is 1500. The maximum Gasteiger partial charge on any atom is 0.283 e. The van der Waals surface area contributed by atoms with E-state index in [4.69, 9.17) is 11.6 Å². The molecule has 0 fully saturated rings. The fourth-order valence-electron chi connectivity index (χ4n) is 3.53. The van der Waals surface area contributed by atoms with Crippen molar-refractivity contribution in [1.29, 1.82) is 0 Å². The molecule has 3 amide bonds. The Hall–Kier alpha value is -3.79. The zero-order chi connectivity index (χ0) is 25.2. The van der Waals surface area contributed by atoms with Crippen molar-refractivity contribution < 1.29 is 14.4 Å². The number of anilines is 3. The number of para-hydroxylation sites is 1. The van der Waals surface area contributed by atoms with Gasteiger partial charge in [-0.15, -0.1) is 11.3 Å². The van der Waals surface area contributed by atoms with E-state index in [2.05, 4.69) is 31.5 Å². The number of nitrogens with zero attached hydrogens (tertiary/aromatic N) is 2. The second kappa shape index (κ2) is 10.1. The first kappa shape index (κ1) is 23.9. The molecule has 0 saturated heterocycles. The molecule has 0 bridgehead atoms. The summed E-state index contributed by atoms with van der Waals surface area (Å²) >= 11 is 10.9. The third-order valence-electron chi connectivity index (χ3n) is 5.32. The molecule has 36 heavy (non-hydrogen) atoms. The predicted octanol–water partition coefficient (Wildman–Crippen LogP) is 6.26. The zero-order valence-corrected chi connectivity index (χ0v) is 21.5. The third-order valence-corrected chi connectivity index (χ3v) is 6.96. The van der Waals surface area contributed by atoms with Gasteiger partial charge in [0.2, 0.25) is 0 Å². The van der Waals surface area contributed by atoms with E-state index in [9.17, 15) is 14.4 Å². The van der Waals surface area contributed by atoms with Gasteiger partial charge in [0.15, 0.2) is 5.13 Å². The Morgan fingerprint density at radius 3 is 2.31 bits per heavy atom. The van der Waals surface area contributed by atoms with E-state index in [1.54, 1.807) is 54.6 Å². The van der Waals surface area contributed by atoms with Crippen LogP contribution in [0.1, 0.15) is 10.4 Å². The Labute approximate surface area is 223 Å². The number of thiazole rings is 1. The van der Waals surface area contributed by atoms with Gasteiger partial charge in [-0.3, -0.25) is 19.7 Å². The molecule has 0 radical (unpaired) electrons. The molecule has 0 atom stereocenters. The molecule has 0 unspecified atom stereocenters. The smallest absolute Gasteiger partial charge is 0.283 e. The van der Waals surface area contributed by atoms with E-state index in [0.29, 0.717) is 22.1 Å². The second-order valence-electron chi connectivity index (χ2n) is 7.67. The molecule has 3 aromatic carbocycles. The van der Waals surface area contributed by atoms with E-state index in [-0.39, 0.29) is 16.6 Å². The first-order chi connectivity index (χ1) is 17.4. The van der Waals surface area contributed by atoms with Crippen molar-refractivity contribution in [2.75, 3.05) is 15.5 Å². The largest absolute Gasteiger partial charge is 0.350 e. The van der Waals surface area contributed by atoms with Gasteiger partial charge in [0, 0.05) is 26.7 Å². The van der Waals surface area contributed by atoms with Crippen LogP contribution < -0.4 is 15.5 Å². The third kappa shape index (κ3) is 4.81. The molecule has 0 spiro atoms. The highest BCUT2D eigenvalue weighted by molar-refractivity contribution is 9.10. The molecule has 5 rings (SSSR count). The second-order valence-corrected chi connectivity index (χ2v) is 9.82. The lowest BCUT2D eigenvalue weighted by Gasteiger charge is -2.14. The van der Waals surface area contributed by atoms with E-state index < -0.39 is 11.8 Å². The molecule has 2 N–H and O–H groups in total. The standard InChI is InChI=1S/C26H16BrClN4O3S/c27-17-10-6-15(7-11-17)20-14-36-26(30-20)31-23(33)16-8-12-18(13-9-16)29-22-21(28)24(34)32(25(22)35)19-4-2-1-3-5-19/h1-14,29H,(H,30,31,33). The van der Waals surface area contributed by atoms with Gasteiger partial charge in [-0.2, -0.15) is 0 Å². The molecule has 178 valence electrons. The lowest BCUT2D eigenvalue weighted by Crippen LogP contribution is -2.32. The van der Waals surface area contributed by atoms with Crippen molar-refractivity contribution in [2.45, 2.75) is 0 Å². The number of hydrogen-bond donors (Lipinski definition) is 2. The molecule has 2 heterocycles. The molecular weight excluding hydrogens is 564 g/mol. The van der Waals surface area contributed by atoms with Gasteiger partial charge < -0.3 is 5.32 Å². The monoisotopic (exact) mass is 578 g/mol. The van der Waals surface area contributed by atoms with Crippen LogP contribution in [0.5, 0.6) is 0 Å². The Morgan fingerprint density at radius 1 is 0.917 bits per heavy atom. The zero-order valence-electron chi connectivity index (χ0n) is 18.4. The van der Waals surface area contributed by atoms with Crippen molar-refractivity contribution in [1.82, 2.24) is 4.98 Å². The molecule has 1 aliphatic rings. The number of carbonyl (C=O) groups excluding carboxylic acids is 3. The summed E-state index contributed by atoms with van der Waals surface area (Å²) in [6.45, 7) is 0. The van der Waals surface area contributed by atoms with Gasteiger partial charge in [0.05, 0.1) is 11.4 Å². The maximum atomic E-state index is 12.9. The lowest BCUT2D eigenvalue weighted by molar-refractivity contribution is -0.120. The van der Waals surface area contributed by atoms with Crippen molar-refractivity contribution in [3.05, 3.63) is 105 Å². The van der Waals surface area contributed by atoms with Crippen molar-refractivity contribution >= 4 is 73.1 Å². The minimum absolute atomic E-state index is 0.0222. The molecule has 4 aromatic rings. The van der Waals surface area contributed by atoms with Crippen molar-refractivity contribution in [2.24, 2.45) is 0 Å². The average molecular weight is 580 g/mol. The maximum absolute atomic E-state index is 12.9. The van der Waals surface area contributed by atoms with Crippen molar-refractivity contribution in [3.63, 3.8) is 0 Å². The number of nitrogens with one attached hydrogen (secondary N) is 2. The number of carbonyl (C=O) groups is 3. The van der Waals surface area contributed by atoms with E-state index in [1.807, 2.05) is 29.6 Å². The first-order valence-electron chi connectivity index (χ1n) is 10.6. The number of aromatic nitrogens is 1. The van der Waals surface area contributed by atoms with Crippen LogP contribution in [0, 0.1) is 0 Å². The highest BCUT2D eigenvalue weighted by atomic mass is 79.9. The molecule has 0 aliphatic carbocycles. The van der Waals surface area contributed by atoms with Crippen molar-refractivity contribution in [3.8, 4) is 11.3 Å². The highest BCUT2D eigenvalue weighted by Gasteiger charge is 2.38. The normalized spacial score (nSPS) is 13.3. The number of hydrogen-bond acceptors (Lipinski definition) is 6. The molecule has 10 heteroatoms. The molecule has 7 nitrogen and oxygen atoms in total. The number of amides is 3. The van der Waals surface area contributed by atoms with Crippen LogP contribution in [0.25, 0.3) is 11.3 Å². The van der Waals surface area contributed by atoms with Gasteiger partial charge >= 0.3 is 0 Å². The SMILES string of the molecule is O=C(Nc1nc(-c2ccc(Br)cc2)cs1)c1ccc(NC2=C(Cl)C(=O)N(c3ccccc3)C2=O)cc1. The molecular formula is C26H16BrClN4O3S. The summed E-state index contributed by atoms with van der Waals surface area (Å²) in [5.74, 6) is -1.47. The van der Waals surface area contributed by atoms with Gasteiger partial charge in [0.25, 0.3) is 17.7 Å². The van der Waals surface area contributed by atoms with E-state index >= 15 is 0 Å². The van der Waals surface area contributed by atoms with E-state index in [1.165, 1.54) is 11.3 Å². The van der Waals surface area contributed by atoms with Crippen LogP contribution in [0.3, 0.4) is 0 Å². The fraction of sp³-hybridized carbons (Fsp3) is 0. The molecule has 1 aromatic heterocycles. The summed E-state index contributed by atoms with van der Waals surface area (Å²) in [7, 11) is 0. The summed E-state index contributed by atoms with van der Waals surface area (Å²) in [4.78, 5) is 43.6. The van der Waals surface area contributed by atoms with Crippen LogP contribution >= 0.6 is 38.9 Å².